The minimum Gasteiger partial charge on any atom is -0.349 e. The second kappa shape index (κ2) is 5.83. The molecule has 3 nitrogen and oxygen atoms in total. The summed E-state index contributed by atoms with van der Waals surface area (Å²) < 4.78 is 0. The van der Waals surface area contributed by atoms with Gasteiger partial charge in [-0.15, -0.1) is 0 Å². The van der Waals surface area contributed by atoms with Gasteiger partial charge in [0.2, 0.25) is 0 Å². The summed E-state index contributed by atoms with van der Waals surface area (Å²) in [5.41, 5.74) is 4.57. The van der Waals surface area contributed by atoms with Crippen molar-refractivity contribution < 1.29 is 4.79 Å². The Balaban J connectivity index is 2.04. The molecule has 0 spiro atoms. The fourth-order valence-electron chi connectivity index (χ4n) is 2.07. The number of allylic oxidation sites excluding steroid dienone is 1. The molecule has 1 aliphatic rings. The van der Waals surface area contributed by atoms with Crippen LogP contribution in [0.25, 0.3) is 0 Å². The number of carbonyl (C=O) groups is 1. The van der Waals surface area contributed by atoms with Crippen molar-refractivity contribution in [1.29, 1.82) is 0 Å². The molecule has 0 atom stereocenters. The van der Waals surface area contributed by atoms with Crippen LogP contribution in [0.5, 0.6) is 0 Å². The second-order valence-corrected chi connectivity index (χ2v) is 4.90. The van der Waals surface area contributed by atoms with Crippen LogP contribution in [-0.4, -0.2) is 19.0 Å². The molecule has 1 aromatic carbocycles. The smallest absolute Gasteiger partial charge is 0.251 e. The zero-order valence-corrected chi connectivity index (χ0v) is 11.0. The number of rotatable bonds is 3. The molecule has 0 fully saturated rings. The molecule has 0 radical (unpaired) electrons. The molecule has 0 saturated heterocycles. The third kappa shape index (κ3) is 3.20. The molecule has 1 amide bonds. The van der Waals surface area contributed by atoms with Gasteiger partial charge in [0.1, 0.15) is 0 Å². The van der Waals surface area contributed by atoms with E-state index in [1.807, 2.05) is 32.1 Å². The van der Waals surface area contributed by atoms with Gasteiger partial charge in [0.25, 0.3) is 5.91 Å². The first-order valence-corrected chi connectivity index (χ1v) is 6.41. The second-order valence-electron chi connectivity index (χ2n) is 4.90. The first-order chi connectivity index (χ1) is 8.66. The predicted octanol–water partition coefficient (Wildman–Crippen LogP) is 2.03. The van der Waals surface area contributed by atoms with Crippen LogP contribution in [0.1, 0.15) is 35.3 Å². The Kier molecular flexibility index (Phi) is 4.15. The average Bonchev–Trinajstić information content (AvgIpc) is 2.37. The van der Waals surface area contributed by atoms with E-state index in [1.165, 1.54) is 16.7 Å². The van der Waals surface area contributed by atoms with Gasteiger partial charge in [0, 0.05) is 18.7 Å². The van der Waals surface area contributed by atoms with E-state index >= 15 is 0 Å². The molecule has 1 aliphatic heterocycles. The number of hydrogen-bond donors (Lipinski definition) is 2. The maximum absolute atomic E-state index is 12.0. The van der Waals surface area contributed by atoms with Crippen molar-refractivity contribution in [2.75, 3.05) is 13.1 Å². The molecule has 2 rings (SSSR count). The third-order valence-electron chi connectivity index (χ3n) is 3.13. The molecular weight excluding hydrogens is 224 g/mol. The molecule has 96 valence electrons. The Bertz CT molecular complexity index is 473. The summed E-state index contributed by atoms with van der Waals surface area (Å²) >= 11 is 0. The Labute approximate surface area is 108 Å². The summed E-state index contributed by atoms with van der Waals surface area (Å²) in [7, 11) is 0. The third-order valence-corrected chi connectivity index (χ3v) is 3.13. The van der Waals surface area contributed by atoms with Gasteiger partial charge < -0.3 is 10.6 Å². The summed E-state index contributed by atoms with van der Waals surface area (Å²) in [4.78, 5) is 12.0. The van der Waals surface area contributed by atoms with Gasteiger partial charge in [-0.3, -0.25) is 4.79 Å². The van der Waals surface area contributed by atoms with Gasteiger partial charge in [-0.2, -0.15) is 0 Å². The van der Waals surface area contributed by atoms with Gasteiger partial charge >= 0.3 is 0 Å². The van der Waals surface area contributed by atoms with Crippen molar-refractivity contribution in [3.63, 3.8) is 0 Å². The van der Waals surface area contributed by atoms with Gasteiger partial charge in [-0.05, 0) is 50.1 Å². The number of carbonyl (C=O) groups excluding carboxylic acids is 1. The van der Waals surface area contributed by atoms with Gasteiger partial charge in [0.05, 0.1) is 0 Å². The monoisotopic (exact) mass is 244 g/mol. The van der Waals surface area contributed by atoms with Crippen LogP contribution >= 0.6 is 0 Å². The van der Waals surface area contributed by atoms with E-state index in [4.69, 9.17) is 0 Å². The van der Waals surface area contributed by atoms with E-state index in [9.17, 15) is 4.79 Å². The lowest BCUT2D eigenvalue weighted by Gasteiger charge is -2.17. The maximum atomic E-state index is 12.0. The molecule has 0 bridgehead atoms. The highest BCUT2D eigenvalue weighted by molar-refractivity contribution is 5.94. The summed E-state index contributed by atoms with van der Waals surface area (Å²) in [5, 5.41) is 6.23. The molecule has 0 unspecified atom stereocenters. The van der Waals surface area contributed by atoms with Crippen LogP contribution in [0.3, 0.4) is 0 Å². The number of benzene rings is 1. The lowest BCUT2D eigenvalue weighted by atomic mass is 9.98. The van der Waals surface area contributed by atoms with Crippen LogP contribution in [0.15, 0.2) is 29.8 Å². The standard InChI is InChI=1S/C15H20N2O/c1-11(2)5-8-17-15(18)13-4-3-12-6-7-16-10-14(12)9-13/h3-5,9,16H,6-8,10H2,1-2H3,(H,17,18). The summed E-state index contributed by atoms with van der Waals surface area (Å²) in [6.07, 6.45) is 3.06. The predicted molar refractivity (Wildman–Crippen MR) is 73.6 cm³/mol. The molecule has 3 heteroatoms. The van der Waals surface area contributed by atoms with E-state index < -0.39 is 0 Å². The minimum atomic E-state index is 0.000809. The number of nitrogens with one attached hydrogen (secondary N) is 2. The Morgan fingerprint density at radius 2 is 2.22 bits per heavy atom. The van der Waals surface area contributed by atoms with E-state index in [-0.39, 0.29) is 5.91 Å². The summed E-state index contributed by atoms with van der Waals surface area (Å²) in [6, 6.07) is 5.99. The Morgan fingerprint density at radius 1 is 1.39 bits per heavy atom. The topological polar surface area (TPSA) is 41.1 Å². The zero-order chi connectivity index (χ0) is 13.0. The molecule has 1 heterocycles. The average molecular weight is 244 g/mol. The molecule has 2 N–H and O–H groups in total. The van der Waals surface area contributed by atoms with Gasteiger partial charge in [-0.1, -0.05) is 17.7 Å². The highest BCUT2D eigenvalue weighted by Gasteiger charge is 2.11. The first-order valence-electron chi connectivity index (χ1n) is 6.41. The van der Waals surface area contributed by atoms with Crippen LogP contribution in [0.4, 0.5) is 0 Å². The molecule has 0 aromatic heterocycles. The maximum Gasteiger partial charge on any atom is 0.251 e. The summed E-state index contributed by atoms with van der Waals surface area (Å²) in [6.45, 7) is 6.54. The van der Waals surface area contributed by atoms with Crippen molar-refractivity contribution in [3.8, 4) is 0 Å². The fraction of sp³-hybridized carbons (Fsp3) is 0.400. The van der Waals surface area contributed by atoms with E-state index in [0.717, 1.165) is 25.1 Å². The van der Waals surface area contributed by atoms with E-state index in [2.05, 4.69) is 16.7 Å². The van der Waals surface area contributed by atoms with Crippen molar-refractivity contribution in [2.45, 2.75) is 26.8 Å². The lowest BCUT2D eigenvalue weighted by Crippen LogP contribution is -2.26. The highest BCUT2D eigenvalue weighted by atomic mass is 16.1. The quantitative estimate of drug-likeness (QED) is 0.799. The van der Waals surface area contributed by atoms with Crippen molar-refractivity contribution in [3.05, 3.63) is 46.5 Å². The molecule has 0 aliphatic carbocycles. The SMILES string of the molecule is CC(C)=CCNC(=O)c1ccc2c(c1)CNCC2. The van der Waals surface area contributed by atoms with Crippen molar-refractivity contribution in [1.82, 2.24) is 10.6 Å². The fourth-order valence-corrected chi connectivity index (χ4v) is 2.07. The molecule has 1 aromatic rings. The number of amides is 1. The molecule has 18 heavy (non-hydrogen) atoms. The van der Waals surface area contributed by atoms with E-state index in [0.29, 0.717) is 6.54 Å². The van der Waals surface area contributed by atoms with Crippen LogP contribution in [0.2, 0.25) is 0 Å². The van der Waals surface area contributed by atoms with Crippen LogP contribution < -0.4 is 10.6 Å². The molecule has 0 saturated carbocycles. The summed E-state index contributed by atoms with van der Waals surface area (Å²) in [5.74, 6) is 0.000809. The van der Waals surface area contributed by atoms with Crippen LogP contribution in [-0.2, 0) is 13.0 Å². The number of hydrogen-bond acceptors (Lipinski definition) is 2. The Hall–Kier alpha value is -1.61. The lowest BCUT2D eigenvalue weighted by molar-refractivity contribution is 0.0958. The van der Waals surface area contributed by atoms with Crippen LogP contribution in [0, 0.1) is 0 Å². The van der Waals surface area contributed by atoms with Gasteiger partial charge in [-0.25, -0.2) is 0 Å². The van der Waals surface area contributed by atoms with Gasteiger partial charge in [0.15, 0.2) is 0 Å². The number of fused-ring (bicyclic) bond motifs is 1. The molecular formula is C15H20N2O. The highest BCUT2D eigenvalue weighted by Crippen LogP contribution is 2.15. The Morgan fingerprint density at radius 3 is 3.00 bits per heavy atom. The van der Waals surface area contributed by atoms with E-state index in [1.54, 1.807) is 0 Å². The first kappa shape index (κ1) is 12.8. The van der Waals surface area contributed by atoms with Crippen molar-refractivity contribution in [2.24, 2.45) is 0 Å². The minimum absolute atomic E-state index is 0.000809. The zero-order valence-electron chi connectivity index (χ0n) is 11.0. The largest absolute Gasteiger partial charge is 0.349 e. The normalized spacial score (nSPS) is 13.7. The van der Waals surface area contributed by atoms with Crippen molar-refractivity contribution >= 4 is 5.91 Å².